The third-order valence-corrected chi connectivity index (χ3v) is 7.64. The van der Waals surface area contributed by atoms with Crippen LogP contribution in [0.25, 0.3) is 0 Å². The molecule has 4 rings (SSSR count). The number of hydrogen-bond acceptors (Lipinski definition) is 7. The maximum atomic E-state index is 12.6. The molecule has 1 aromatic heterocycles. The van der Waals surface area contributed by atoms with Gasteiger partial charge in [-0.1, -0.05) is 10.2 Å². The maximum absolute atomic E-state index is 12.6. The fourth-order valence-corrected chi connectivity index (χ4v) is 5.75. The van der Waals surface area contributed by atoms with Crippen LogP contribution < -0.4 is 5.32 Å². The van der Waals surface area contributed by atoms with Crippen LogP contribution in [0.5, 0.6) is 5.75 Å². The summed E-state index contributed by atoms with van der Waals surface area (Å²) in [6.07, 6.45) is 4.13. The number of quaternary nitrogens is 1. The third kappa shape index (κ3) is 3.86. The predicted molar refractivity (Wildman–Crippen MR) is 121 cm³/mol. The number of hydrogen-bond donors (Lipinski definition) is 2. The van der Waals surface area contributed by atoms with Crippen LogP contribution in [0.15, 0.2) is 34.5 Å². The Hall–Kier alpha value is -2.67. The van der Waals surface area contributed by atoms with Gasteiger partial charge in [-0.2, -0.15) is 5.26 Å². The molecule has 2 aromatic rings. The van der Waals surface area contributed by atoms with E-state index in [2.05, 4.69) is 21.6 Å². The smallest absolute Gasteiger partial charge is 0.289 e. The molecule has 9 heteroatoms. The van der Waals surface area contributed by atoms with Crippen molar-refractivity contribution in [2.24, 2.45) is 10.2 Å². The zero-order chi connectivity index (χ0) is 21.3. The van der Waals surface area contributed by atoms with E-state index >= 15 is 0 Å². The summed E-state index contributed by atoms with van der Waals surface area (Å²) in [4.78, 5) is 13.8. The predicted octanol–water partition coefficient (Wildman–Crippen LogP) is 3.68. The molecule has 1 aliphatic heterocycles. The second kappa shape index (κ2) is 8.22. The lowest BCUT2D eigenvalue weighted by Gasteiger charge is -2.24. The Balaban J connectivity index is 1.40. The number of thiophene rings is 1. The first-order valence-corrected chi connectivity index (χ1v) is 11.5. The van der Waals surface area contributed by atoms with E-state index in [0.717, 1.165) is 42.6 Å². The van der Waals surface area contributed by atoms with Crippen LogP contribution in [0.1, 0.15) is 34.4 Å². The van der Waals surface area contributed by atoms with Crippen molar-refractivity contribution in [3.05, 3.63) is 45.8 Å². The van der Waals surface area contributed by atoms with Gasteiger partial charge in [-0.05, 0) is 67.3 Å². The summed E-state index contributed by atoms with van der Waals surface area (Å²) in [7, 11) is 3.92. The molecule has 30 heavy (non-hydrogen) atoms. The number of thioether (sulfide) groups is 1. The molecular formula is C21H22N5O2S2+. The lowest BCUT2D eigenvalue weighted by atomic mass is 9.96. The molecule has 154 valence electrons. The van der Waals surface area contributed by atoms with E-state index in [0.29, 0.717) is 20.2 Å². The Morgan fingerprint density at radius 1 is 1.27 bits per heavy atom. The highest BCUT2D eigenvalue weighted by molar-refractivity contribution is 8.14. The maximum Gasteiger partial charge on any atom is 0.289 e. The number of amidine groups is 2. The van der Waals surface area contributed by atoms with Crippen molar-refractivity contribution in [3.8, 4) is 11.8 Å². The molecule has 0 saturated heterocycles. The zero-order valence-electron chi connectivity index (χ0n) is 16.8. The minimum absolute atomic E-state index is 0.157. The first-order chi connectivity index (χ1) is 14.4. The zero-order valence-corrected chi connectivity index (χ0v) is 18.4. The van der Waals surface area contributed by atoms with Crippen molar-refractivity contribution in [3.63, 3.8) is 0 Å². The van der Waals surface area contributed by atoms with Gasteiger partial charge in [0.2, 0.25) is 5.91 Å². The number of aromatic hydroxyl groups is 1. The monoisotopic (exact) mass is 440 g/mol. The number of amides is 1. The van der Waals surface area contributed by atoms with E-state index in [1.807, 2.05) is 14.1 Å². The highest BCUT2D eigenvalue weighted by atomic mass is 32.2. The molecule has 0 atom stereocenters. The van der Waals surface area contributed by atoms with Gasteiger partial charge in [0, 0.05) is 4.88 Å². The molecule has 1 amide bonds. The number of phenolic OH excluding ortho intramolecular Hbond substituents is 1. The number of rotatable bonds is 4. The Bertz CT molecular complexity index is 1090. The number of nitriles is 1. The summed E-state index contributed by atoms with van der Waals surface area (Å²) in [5, 5.41) is 31.9. The highest BCUT2D eigenvalue weighted by Crippen LogP contribution is 2.37. The average Bonchev–Trinajstić information content (AvgIpc) is 3.22. The normalized spacial score (nSPS) is 17.0. The van der Waals surface area contributed by atoms with Crippen molar-refractivity contribution in [1.29, 1.82) is 5.26 Å². The van der Waals surface area contributed by atoms with Crippen molar-refractivity contribution >= 4 is 45.0 Å². The molecule has 2 heterocycles. The molecule has 1 aromatic carbocycles. The van der Waals surface area contributed by atoms with Crippen molar-refractivity contribution < 1.29 is 14.4 Å². The lowest BCUT2D eigenvalue weighted by Crippen LogP contribution is -2.47. The fourth-order valence-electron chi connectivity index (χ4n) is 3.65. The van der Waals surface area contributed by atoms with E-state index < -0.39 is 0 Å². The van der Waals surface area contributed by atoms with Gasteiger partial charge in [0.05, 0.1) is 31.0 Å². The standard InChI is InChI=1S/C21H21N5O2S2/c1-26(2)19(13-7-9-14(27)10-8-13)24-25-21(26)29-12-18(28)23-20-16(11-22)15-5-3-4-6-17(15)30-20/h7-10H,3-6,12H2,1-2H3,(H-,23,24,27,28)/p+1. The Morgan fingerprint density at radius 3 is 2.73 bits per heavy atom. The summed E-state index contributed by atoms with van der Waals surface area (Å²) in [6.45, 7) is 0. The number of carbonyl (C=O) groups excluding carboxylic acids is 1. The molecule has 1 aliphatic carbocycles. The van der Waals surface area contributed by atoms with Crippen LogP contribution in [0.2, 0.25) is 0 Å². The lowest BCUT2D eigenvalue weighted by molar-refractivity contribution is -0.691. The van der Waals surface area contributed by atoms with Gasteiger partial charge in [0.15, 0.2) is 0 Å². The van der Waals surface area contributed by atoms with E-state index in [1.54, 1.807) is 24.3 Å². The number of nitrogens with zero attached hydrogens (tertiary/aromatic N) is 4. The van der Waals surface area contributed by atoms with Crippen LogP contribution in [-0.2, 0) is 17.6 Å². The van der Waals surface area contributed by atoms with E-state index in [9.17, 15) is 15.2 Å². The number of anilines is 1. The highest BCUT2D eigenvalue weighted by Gasteiger charge is 2.38. The van der Waals surface area contributed by atoms with Crippen LogP contribution >= 0.6 is 23.1 Å². The third-order valence-electron chi connectivity index (χ3n) is 5.23. The van der Waals surface area contributed by atoms with Gasteiger partial charge in [-0.3, -0.25) is 4.79 Å². The summed E-state index contributed by atoms with van der Waals surface area (Å²) in [5.41, 5.74) is 2.60. The average molecular weight is 441 g/mol. The second-order valence-corrected chi connectivity index (χ2v) is 9.72. The van der Waals surface area contributed by atoms with E-state index in [-0.39, 0.29) is 17.4 Å². The number of fused-ring (bicyclic) bond motifs is 1. The largest absolute Gasteiger partial charge is 0.508 e. The molecule has 2 N–H and O–H groups in total. The summed E-state index contributed by atoms with van der Waals surface area (Å²) in [5.74, 6) is 0.972. The van der Waals surface area contributed by atoms with Crippen LogP contribution in [0.4, 0.5) is 5.00 Å². The number of nitrogens with one attached hydrogen (secondary N) is 1. The number of carbonyl (C=O) groups is 1. The van der Waals surface area contributed by atoms with Crippen LogP contribution in [0.3, 0.4) is 0 Å². The molecule has 0 saturated carbocycles. The number of phenols is 1. The van der Waals surface area contributed by atoms with Crippen LogP contribution in [-0.4, -0.2) is 46.3 Å². The minimum Gasteiger partial charge on any atom is -0.508 e. The molecule has 0 radical (unpaired) electrons. The van der Waals surface area contributed by atoms with Crippen LogP contribution in [0, 0.1) is 11.3 Å². The molecule has 0 bridgehead atoms. The van der Waals surface area contributed by atoms with Gasteiger partial charge in [0.25, 0.3) is 11.0 Å². The van der Waals surface area contributed by atoms with E-state index in [1.165, 1.54) is 28.0 Å². The van der Waals surface area contributed by atoms with Crippen molar-refractivity contribution in [2.75, 3.05) is 25.2 Å². The first-order valence-electron chi connectivity index (χ1n) is 9.67. The summed E-state index contributed by atoms with van der Waals surface area (Å²) < 4.78 is 0.319. The number of aryl methyl sites for hydroxylation is 1. The first kappa shape index (κ1) is 20.6. The van der Waals surface area contributed by atoms with Gasteiger partial charge in [-0.25, -0.2) is 4.48 Å². The van der Waals surface area contributed by atoms with Gasteiger partial charge >= 0.3 is 0 Å². The molecule has 7 nitrogen and oxygen atoms in total. The number of benzene rings is 1. The molecular weight excluding hydrogens is 418 g/mol. The van der Waals surface area contributed by atoms with Gasteiger partial charge in [-0.15, -0.1) is 11.3 Å². The van der Waals surface area contributed by atoms with Gasteiger partial charge < -0.3 is 10.4 Å². The molecule has 0 unspecified atom stereocenters. The quantitative estimate of drug-likeness (QED) is 0.709. The van der Waals surface area contributed by atoms with E-state index in [4.69, 9.17) is 0 Å². The van der Waals surface area contributed by atoms with Gasteiger partial charge in [0.1, 0.15) is 16.8 Å². The summed E-state index contributed by atoms with van der Waals surface area (Å²) in [6, 6.07) is 9.10. The Kier molecular flexibility index (Phi) is 5.64. The van der Waals surface area contributed by atoms with Crippen molar-refractivity contribution in [2.45, 2.75) is 25.7 Å². The van der Waals surface area contributed by atoms with Crippen molar-refractivity contribution in [1.82, 2.24) is 0 Å². The second-order valence-electron chi connectivity index (χ2n) is 7.67. The Labute approximate surface area is 183 Å². The molecule has 2 aliphatic rings. The fraction of sp³-hybridized carbons (Fsp3) is 0.333. The summed E-state index contributed by atoms with van der Waals surface area (Å²) >= 11 is 2.87. The SMILES string of the molecule is C[N+]1(C)C(SCC(=O)Nc2sc3c(c2C#N)CCCC3)=NN=C1c1ccc(O)cc1. The minimum atomic E-state index is -0.157. The molecule has 0 fully saturated rings. The molecule has 0 spiro atoms. The Morgan fingerprint density at radius 2 is 2.00 bits per heavy atom. The topological polar surface area (TPSA) is 97.8 Å².